The highest BCUT2D eigenvalue weighted by atomic mass is 16.5. The number of nitrogens with zero attached hydrogens (tertiary/aromatic N) is 2. The van der Waals surface area contributed by atoms with Crippen LogP contribution in [-0.4, -0.2) is 57.1 Å². The number of hydrogen-bond donors (Lipinski definition) is 2. The van der Waals surface area contributed by atoms with Crippen molar-refractivity contribution in [3.05, 3.63) is 48.6 Å². The van der Waals surface area contributed by atoms with E-state index in [-0.39, 0.29) is 18.6 Å². The molecule has 0 saturated heterocycles. The highest BCUT2D eigenvalue weighted by Crippen LogP contribution is 2.15. The first-order valence-corrected chi connectivity index (χ1v) is 8.54. The smallest absolute Gasteiger partial charge is 0.243 e. The Balaban J connectivity index is 2.32. The molecule has 0 bridgehead atoms. The van der Waals surface area contributed by atoms with Crippen LogP contribution >= 0.6 is 0 Å². The molecule has 1 aromatic carbocycles. The lowest BCUT2D eigenvalue weighted by molar-refractivity contribution is -0.127. The standard InChI is InChI=1S/C19H30N4O2/c1-5-12-20-19(22-15-18(24)23(3)4)21-13-9-14-25-16(2)17-10-7-6-8-11-17/h5-8,10-11,16H,1,9,12-15H2,2-4H3,(H2,20,21,22). The SMILES string of the molecule is C=CCNC(=NCC(=O)N(C)C)NCCCOC(C)c1ccccc1. The second-order valence-electron chi connectivity index (χ2n) is 5.83. The number of aliphatic imine (C=N–C) groups is 1. The minimum atomic E-state index is -0.0419. The molecule has 0 aliphatic heterocycles. The predicted molar refractivity (Wildman–Crippen MR) is 103 cm³/mol. The fourth-order valence-corrected chi connectivity index (χ4v) is 1.99. The summed E-state index contributed by atoms with van der Waals surface area (Å²) in [7, 11) is 3.43. The quantitative estimate of drug-likeness (QED) is 0.294. The van der Waals surface area contributed by atoms with E-state index in [1.54, 1.807) is 20.2 Å². The molecule has 1 rings (SSSR count). The molecule has 0 spiro atoms. The van der Waals surface area contributed by atoms with Crippen molar-refractivity contribution in [3.8, 4) is 0 Å². The molecular formula is C19H30N4O2. The van der Waals surface area contributed by atoms with Crippen LogP contribution in [0.3, 0.4) is 0 Å². The molecule has 138 valence electrons. The molecule has 1 aromatic rings. The van der Waals surface area contributed by atoms with Gasteiger partial charge < -0.3 is 20.3 Å². The maximum atomic E-state index is 11.6. The molecule has 6 nitrogen and oxygen atoms in total. The lowest BCUT2D eigenvalue weighted by atomic mass is 10.1. The highest BCUT2D eigenvalue weighted by Gasteiger charge is 2.05. The Bertz CT molecular complexity index is 544. The van der Waals surface area contributed by atoms with Crippen LogP contribution in [0.5, 0.6) is 0 Å². The highest BCUT2D eigenvalue weighted by molar-refractivity contribution is 5.84. The van der Waals surface area contributed by atoms with E-state index in [9.17, 15) is 4.79 Å². The Morgan fingerprint density at radius 2 is 2.04 bits per heavy atom. The number of hydrogen-bond acceptors (Lipinski definition) is 3. The summed E-state index contributed by atoms with van der Waals surface area (Å²) in [5.74, 6) is 0.561. The third kappa shape index (κ3) is 8.91. The molecule has 0 aliphatic carbocycles. The number of guanidine groups is 1. The van der Waals surface area contributed by atoms with Crippen molar-refractivity contribution < 1.29 is 9.53 Å². The van der Waals surface area contributed by atoms with E-state index in [0.29, 0.717) is 25.7 Å². The summed E-state index contributed by atoms with van der Waals surface area (Å²) in [6.07, 6.45) is 2.66. The largest absolute Gasteiger partial charge is 0.374 e. The summed E-state index contributed by atoms with van der Waals surface area (Å²) in [4.78, 5) is 17.4. The van der Waals surface area contributed by atoms with Crippen LogP contribution < -0.4 is 10.6 Å². The summed E-state index contributed by atoms with van der Waals surface area (Å²) in [6.45, 7) is 7.78. The lowest BCUT2D eigenvalue weighted by Crippen LogP contribution is -2.39. The third-order valence-electron chi connectivity index (χ3n) is 3.54. The molecule has 0 fully saturated rings. The molecule has 0 radical (unpaired) electrons. The maximum Gasteiger partial charge on any atom is 0.243 e. The number of benzene rings is 1. The molecule has 0 saturated carbocycles. The maximum absolute atomic E-state index is 11.6. The molecular weight excluding hydrogens is 316 g/mol. The van der Waals surface area contributed by atoms with Crippen LogP contribution in [-0.2, 0) is 9.53 Å². The Kier molecular flexibility index (Phi) is 10.0. The normalized spacial score (nSPS) is 12.4. The summed E-state index contributed by atoms with van der Waals surface area (Å²) >= 11 is 0. The number of carbonyl (C=O) groups excluding carboxylic acids is 1. The number of rotatable bonds is 10. The number of likely N-dealkylation sites (N-methyl/N-ethyl adjacent to an activating group) is 1. The summed E-state index contributed by atoms with van der Waals surface area (Å²) in [6, 6.07) is 10.2. The van der Waals surface area contributed by atoms with E-state index < -0.39 is 0 Å². The van der Waals surface area contributed by atoms with Crippen molar-refractivity contribution in [2.45, 2.75) is 19.4 Å². The van der Waals surface area contributed by atoms with Gasteiger partial charge in [0.05, 0.1) is 6.10 Å². The van der Waals surface area contributed by atoms with Crippen molar-refractivity contribution in [1.29, 1.82) is 0 Å². The predicted octanol–water partition coefficient (Wildman–Crippen LogP) is 1.96. The first-order valence-electron chi connectivity index (χ1n) is 8.54. The van der Waals surface area contributed by atoms with Gasteiger partial charge >= 0.3 is 0 Å². The van der Waals surface area contributed by atoms with E-state index in [1.165, 1.54) is 10.5 Å². The summed E-state index contributed by atoms with van der Waals surface area (Å²) in [5, 5.41) is 6.30. The van der Waals surface area contributed by atoms with Crippen LogP contribution in [0.25, 0.3) is 0 Å². The van der Waals surface area contributed by atoms with E-state index in [2.05, 4.69) is 34.3 Å². The Morgan fingerprint density at radius 1 is 1.32 bits per heavy atom. The van der Waals surface area contributed by atoms with Crippen molar-refractivity contribution in [2.24, 2.45) is 4.99 Å². The molecule has 1 atom stereocenters. The average Bonchev–Trinajstić information content (AvgIpc) is 2.63. The number of nitrogens with one attached hydrogen (secondary N) is 2. The van der Waals surface area contributed by atoms with Gasteiger partial charge in [-0.25, -0.2) is 4.99 Å². The van der Waals surface area contributed by atoms with Crippen molar-refractivity contribution in [2.75, 3.05) is 40.3 Å². The molecule has 1 unspecified atom stereocenters. The summed E-state index contributed by atoms with van der Waals surface area (Å²) in [5.41, 5.74) is 1.17. The molecule has 0 heterocycles. The zero-order valence-electron chi connectivity index (χ0n) is 15.5. The molecule has 25 heavy (non-hydrogen) atoms. The van der Waals surface area contributed by atoms with Crippen LogP contribution in [0, 0.1) is 0 Å². The Hall–Kier alpha value is -2.34. The minimum absolute atomic E-state index is 0.0419. The molecule has 1 amide bonds. The molecule has 0 aliphatic rings. The van der Waals surface area contributed by atoms with Crippen molar-refractivity contribution >= 4 is 11.9 Å². The second kappa shape index (κ2) is 12.1. The van der Waals surface area contributed by atoms with Crippen LogP contribution in [0.2, 0.25) is 0 Å². The minimum Gasteiger partial charge on any atom is -0.374 e. The van der Waals surface area contributed by atoms with Crippen molar-refractivity contribution in [3.63, 3.8) is 0 Å². The monoisotopic (exact) mass is 346 g/mol. The van der Waals surface area contributed by atoms with Gasteiger partial charge in [-0.1, -0.05) is 36.4 Å². The van der Waals surface area contributed by atoms with Gasteiger partial charge in [0.15, 0.2) is 5.96 Å². The van der Waals surface area contributed by atoms with Gasteiger partial charge in [-0.2, -0.15) is 0 Å². The first-order chi connectivity index (χ1) is 12.0. The van der Waals surface area contributed by atoms with Gasteiger partial charge in [-0.3, -0.25) is 4.79 Å². The lowest BCUT2D eigenvalue weighted by Gasteiger charge is -2.15. The summed E-state index contributed by atoms with van der Waals surface area (Å²) < 4.78 is 5.84. The van der Waals surface area contributed by atoms with Crippen LogP contribution in [0.4, 0.5) is 0 Å². The average molecular weight is 346 g/mol. The van der Waals surface area contributed by atoms with Crippen LogP contribution in [0.15, 0.2) is 48.0 Å². The van der Waals surface area contributed by atoms with Gasteiger partial charge in [0, 0.05) is 33.8 Å². The number of amides is 1. The van der Waals surface area contributed by atoms with Gasteiger partial charge in [0.2, 0.25) is 5.91 Å². The van der Waals surface area contributed by atoms with Crippen LogP contribution in [0.1, 0.15) is 25.0 Å². The van der Waals surface area contributed by atoms with Gasteiger partial charge in [-0.05, 0) is 18.9 Å². The van der Waals surface area contributed by atoms with Crippen molar-refractivity contribution in [1.82, 2.24) is 15.5 Å². The fourth-order valence-electron chi connectivity index (χ4n) is 1.99. The van der Waals surface area contributed by atoms with Gasteiger partial charge in [0.1, 0.15) is 6.54 Å². The molecule has 0 aromatic heterocycles. The first kappa shape index (κ1) is 20.7. The third-order valence-corrected chi connectivity index (χ3v) is 3.54. The van der Waals surface area contributed by atoms with E-state index in [4.69, 9.17) is 4.74 Å². The topological polar surface area (TPSA) is 66.0 Å². The fraction of sp³-hybridized carbons (Fsp3) is 0.474. The molecule has 6 heteroatoms. The van der Waals surface area contributed by atoms with E-state index in [0.717, 1.165) is 6.42 Å². The zero-order chi connectivity index (χ0) is 18.5. The zero-order valence-corrected chi connectivity index (χ0v) is 15.5. The molecule has 2 N–H and O–H groups in total. The van der Waals surface area contributed by atoms with Gasteiger partial charge in [-0.15, -0.1) is 6.58 Å². The number of ether oxygens (including phenoxy) is 1. The van der Waals surface area contributed by atoms with Gasteiger partial charge in [0.25, 0.3) is 0 Å². The van der Waals surface area contributed by atoms with E-state index >= 15 is 0 Å². The Morgan fingerprint density at radius 3 is 2.68 bits per heavy atom. The number of carbonyl (C=O) groups is 1. The Labute approximate surface area is 151 Å². The van der Waals surface area contributed by atoms with E-state index in [1.807, 2.05) is 25.1 Å². The second-order valence-corrected chi connectivity index (χ2v) is 5.83.